The van der Waals surface area contributed by atoms with Gasteiger partial charge in [0.05, 0.1) is 34.9 Å². The van der Waals surface area contributed by atoms with Crippen molar-refractivity contribution in [2.75, 3.05) is 9.62 Å². The number of amides is 2. The first kappa shape index (κ1) is 23.7. The maximum atomic E-state index is 13.9. The van der Waals surface area contributed by atoms with Crippen LogP contribution in [0, 0.1) is 13.8 Å². The monoisotopic (exact) mass is 498 g/mol. The third kappa shape index (κ3) is 4.62. The topological polar surface area (TPSA) is 108 Å². The highest BCUT2D eigenvalue weighted by Crippen LogP contribution is 2.38. The smallest absolute Gasteiger partial charge is 0.265 e. The van der Waals surface area contributed by atoms with Crippen molar-refractivity contribution in [3.05, 3.63) is 82.6 Å². The Kier molecular flexibility index (Phi) is 6.58. The van der Waals surface area contributed by atoms with Gasteiger partial charge in [-0.3, -0.25) is 18.9 Å². The number of aromatic nitrogens is 1. The number of pyridine rings is 1. The lowest BCUT2D eigenvalue weighted by Crippen LogP contribution is -2.52. The fraction of sp³-hybridized carbons (Fsp3) is 0.208. The summed E-state index contributed by atoms with van der Waals surface area (Å²) in [5, 5.41) is 5.87. The van der Waals surface area contributed by atoms with Crippen molar-refractivity contribution in [3.8, 4) is 0 Å². The van der Waals surface area contributed by atoms with E-state index in [1.807, 2.05) is 0 Å². The molecule has 4 rings (SSSR count). The van der Waals surface area contributed by atoms with Crippen molar-refractivity contribution in [1.29, 1.82) is 0 Å². The Balaban J connectivity index is 1.71. The quantitative estimate of drug-likeness (QED) is 0.540. The van der Waals surface area contributed by atoms with E-state index in [0.29, 0.717) is 27.5 Å². The zero-order valence-electron chi connectivity index (χ0n) is 18.6. The zero-order chi connectivity index (χ0) is 24.5. The lowest BCUT2D eigenvalue weighted by Gasteiger charge is -2.37. The van der Waals surface area contributed by atoms with Gasteiger partial charge in [0.25, 0.3) is 10.0 Å². The number of carbonyl (C=O) groups excluding carboxylic acids is 2. The number of sulfonamides is 1. The van der Waals surface area contributed by atoms with Crippen molar-refractivity contribution in [3.63, 3.8) is 0 Å². The number of rotatable bonds is 6. The molecule has 0 fully saturated rings. The van der Waals surface area contributed by atoms with Gasteiger partial charge in [-0.1, -0.05) is 29.8 Å². The lowest BCUT2D eigenvalue weighted by molar-refractivity contribution is -0.125. The highest BCUT2D eigenvalue weighted by atomic mass is 35.5. The zero-order valence-corrected chi connectivity index (χ0v) is 20.2. The minimum absolute atomic E-state index is 0.0257. The summed E-state index contributed by atoms with van der Waals surface area (Å²) >= 11 is 6.18. The Hall–Kier alpha value is -3.43. The molecule has 176 valence electrons. The van der Waals surface area contributed by atoms with Gasteiger partial charge >= 0.3 is 0 Å². The molecule has 0 aliphatic carbocycles. The Bertz CT molecular complexity index is 1360. The normalized spacial score (nSPS) is 15.4. The number of anilines is 2. The number of benzene rings is 2. The predicted molar refractivity (Wildman–Crippen MR) is 130 cm³/mol. The highest BCUT2D eigenvalue weighted by molar-refractivity contribution is 7.93. The van der Waals surface area contributed by atoms with Gasteiger partial charge in [-0.2, -0.15) is 0 Å². The van der Waals surface area contributed by atoms with Crippen LogP contribution in [-0.2, 0) is 26.2 Å². The van der Waals surface area contributed by atoms with Gasteiger partial charge in [-0.25, -0.2) is 8.42 Å². The van der Waals surface area contributed by atoms with Crippen molar-refractivity contribution >= 4 is 44.8 Å². The van der Waals surface area contributed by atoms with Gasteiger partial charge in [0.15, 0.2) is 0 Å². The first-order valence-electron chi connectivity index (χ1n) is 10.6. The molecule has 3 aromatic rings. The van der Waals surface area contributed by atoms with Crippen LogP contribution in [0.4, 0.5) is 11.4 Å². The molecule has 2 heterocycles. The number of hydrogen-bond acceptors (Lipinski definition) is 5. The first-order chi connectivity index (χ1) is 16.2. The van der Waals surface area contributed by atoms with E-state index in [0.717, 1.165) is 4.31 Å². The van der Waals surface area contributed by atoms with Gasteiger partial charge in [-0.15, -0.1) is 0 Å². The van der Waals surface area contributed by atoms with E-state index < -0.39 is 27.9 Å². The van der Waals surface area contributed by atoms with Crippen LogP contribution in [0.15, 0.2) is 65.7 Å². The van der Waals surface area contributed by atoms with Crippen molar-refractivity contribution < 1.29 is 18.0 Å². The van der Waals surface area contributed by atoms with Gasteiger partial charge < -0.3 is 10.6 Å². The third-order valence-electron chi connectivity index (χ3n) is 5.55. The summed E-state index contributed by atoms with van der Waals surface area (Å²) in [4.78, 5) is 30.0. The number of nitrogens with zero attached hydrogens (tertiary/aromatic N) is 2. The van der Waals surface area contributed by atoms with E-state index in [1.54, 1.807) is 68.6 Å². The summed E-state index contributed by atoms with van der Waals surface area (Å²) in [5.41, 5.74) is 2.31. The van der Waals surface area contributed by atoms with E-state index >= 15 is 0 Å². The molecular weight excluding hydrogens is 476 g/mol. The largest absolute Gasteiger partial charge is 0.350 e. The summed E-state index contributed by atoms with van der Waals surface area (Å²) in [6, 6.07) is 13.7. The predicted octanol–water partition coefficient (Wildman–Crippen LogP) is 3.57. The van der Waals surface area contributed by atoms with Crippen LogP contribution < -0.4 is 14.9 Å². The van der Waals surface area contributed by atoms with E-state index in [-0.39, 0.29) is 23.5 Å². The standard InChI is InChI=1S/C24H23ClN4O4S/c1-15-12-22(16(2)11-18(15)25)34(32,33)29-20-9-4-3-8-19(20)28-24(31)21(29)13-23(30)27-14-17-7-5-6-10-26-17/h3-12,21H,13-14H2,1-2H3,(H,27,30)(H,28,31). The van der Waals surface area contributed by atoms with Crippen LogP contribution >= 0.6 is 11.6 Å². The second kappa shape index (κ2) is 9.44. The van der Waals surface area contributed by atoms with Gasteiger partial charge in [0, 0.05) is 11.2 Å². The van der Waals surface area contributed by atoms with Crippen LogP contribution in [0.5, 0.6) is 0 Å². The Morgan fingerprint density at radius 2 is 1.85 bits per heavy atom. The SMILES string of the molecule is Cc1cc(S(=O)(=O)N2c3ccccc3NC(=O)C2CC(=O)NCc2ccccn2)c(C)cc1Cl. The average molecular weight is 499 g/mol. The van der Waals surface area contributed by atoms with Crippen molar-refractivity contribution in [2.24, 2.45) is 0 Å². The Morgan fingerprint density at radius 3 is 2.59 bits per heavy atom. The van der Waals surface area contributed by atoms with Crippen molar-refractivity contribution in [2.45, 2.75) is 37.8 Å². The summed E-state index contributed by atoms with van der Waals surface area (Å²) in [7, 11) is -4.22. The molecule has 2 aromatic carbocycles. The van der Waals surface area contributed by atoms with E-state index in [9.17, 15) is 18.0 Å². The van der Waals surface area contributed by atoms with Gasteiger partial charge in [0.2, 0.25) is 11.8 Å². The molecule has 0 bridgehead atoms. The number of carbonyl (C=O) groups is 2. The minimum atomic E-state index is -4.22. The van der Waals surface area contributed by atoms with E-state index in [1.165, 1.54) is 6.07 Å². The lowest BCUT2D eigenvalue weighted by atomic mass is 10.1. The fourth-order valence-corrected chi connectivity index (χ4v) is 5.96. The minimum Gasteiger partial charge on any atom is -0.350 e. The number of hydrogen-bond donors (Lipinski definition) is 2. The first-order valence-corrected chi connectivity index (χ1v) is 12.4. The van der Waals surface area contributed by atoms with Crippen LogP contribution in [-0.4, -0.2) is 31.3 Å². The molecule has 1 unspecified atom stereocenters. The van der Waals surface area contributed by atoms with E-state index in [2.05, 4.69) is 15.6 Å². The molecule has 2 amide bonds. The molecule has 1 aromatic heterocycles. The summed E-state index contributed by atoms with van der Waals surface area (Å²) in [5.74, 6) is -1.06. The number of aryl methyl sites for hydroxylation is 2. The molecule has 8 nitrogen and oxygen atoms in total. The second-order valence-corrected chi connectivity index (χ2v) is 10.2. The molecule has 34 heavy (non-hydrogen) atoms. The molecule has 1 atom stereocenters. The number of halogens is 1. The summed E-state index contributed by atoms with van der Waals surface area (Å²) in [6.07, 6.45) is 1.25. The van der Waals surface area contributed by atoms with Gasteiger partial charge in [0.1, 0.15) is 6.04 Å². The summed E-state index contributed by atoms with van der Waals surface area (Å²) < 4.78 is 28.9. The van der Waals surface area contributed by atoms with Crippen LogP contribution in [0.2, 0.25) is 5.02 Å². The molecule has 0 spiro atoms. The number of para-hydroxylation sites is 2. The maximum absolute atomic E-state index is 13.9. The second-order valence-electron chi connectivity index (χ2n) is 7.99. The molecule has 2 N–H and O–H groups in total. The average Bonchev–Trinajstić information content (AvgIpc) is 2.81. The van der Waals surface area contributed by atoms with Crippen LogP contribution in [0.1, 0.15) is 23.2 Å². The summed E-state index contributed by atoms with van der Waals surface area (Å²) in [6.45, 7) is 3.51. The van der Waals surface area contributed by atoms with Gasteiger partial charge in [-0.05, 0) is 61.4 Å². The van der Waals surface area contributed by atoms with Crippen molar-refractivity contribution in [1.82, 2.24) is 10.3 Å². The molecule has 1 aliphatic heterocycles. The highest BCUT2D eigenvalue weighted by Gasteiger charge is 2.42. The number of nitrogens with one attached hydrogen (secondary N) is 2. The fourth-order valence-electron chi connectivity index (χ4n) is 3.81. The molecular formula is C24H23ClN4O4S. The maximum Gasteiger partial charge on any atom is 0.265 e. The molecule has 0 radical (unpaired) electrons. The number of fused-ring (bicyclic) bond motifs is 1. The molecule has 10 heteroatoms. The molecule has 0 saturated carbocycles. The van der Waals surface area contributed by atoms with Crippen LogP contribution in [0.3, 0.4) is 0 Å². The third-order valence-corrected chi connectivity index (χ3v) is 7.92. The molecule has 1 aliphatic rings. The van der Waals surface area contributed by atoms with E-state index in [4.69, 9.17) is 11.6 Å². The molecule has 0 saturated heterocycles. The van der Waals surface area contributed by atoms with Crippen LogP contribution in [0.25, 0.3) is 0 Å². The Morgan fingerprint density at radius 1 is 1.12 bits per heavy atom. The Labute approximate surface area is 203 Å².